The normalized spacial score (nSPS) is 9.94. The van der Waals surface area contributed by atoms with E-state index in [2.05, 4.69) is 22.6 Å². The van der Waals surface area contributed by atoms with Crippen LogP contribution in [0.25, 0.3) is 0 Å². The van der Waals surface area contributed by atoms with Crippen molar-refractivity contribution in [2.45, 2.75) is 4.90 Å². The van der Waals surface area contributed by atoms with E-state index < -0.39 is 4.92 Å². The van der Waals surface area contributed by atoms with Gasteiger partial charge in [-0.25, -0.2) is 9.97 Å². The Morgan fingerprint density at radius 3 is 2.59 bits per heavy atom. The summed E-state index contributed by atoms with van der Waals surface area (Å²) in [7, 11) is 0. The van der Waals surface area contributed by atoms with E-state index in [0.717, 1.165) is 0 Å². The summed E-state index contributed by atoms with van der Waals surface area (Å²) in [5.41, 5.74) is -0.0451. The molecule has 0 amide bonds. The van der Waals surface area contributed by atoms with Crippen LogP contribution in [0.3, 0.4) is 0 Å². The molecule has 0 aliphatic heterocycles. The van der Waals surface area contributed by atoms with Crippen LogP contribution in [0.1, 0.15) is 0 Å². The monoisotopic (exact) mass is 249 g/mol. The van der Waals surface area contributed by atoms with E-state index in [1.807, 2.05) is 0 Å². The van der Waals surface area contributed by atoms with Crippen molar-refractivity contribution in [2.24, 2.45) is 0 Å². The summed E-state index contributed by atoms with van der Waals surface area (Å²) in [6, 6.07) is 5.91. The lowest BCUT2D eigenvalue weighted by atomic mass is 10.3. The molecule has 0 unspecified atom stereocenters. The highest BCUT2D eigenvalue weighted by molar-refractivity contribution is 7.80. The van der Waals surface area contributed by atoms with Crippen molar-refractivity contribution in [2.75, 3.05) is 0 Å². The fraction of sp³-hybridized carbons (Fsp3) is 0. The van der Waals surface area contributed by atoms with Crippen LogP contribution in [0, 0.1) is 10.1 Å². The number of aromatic nitrogens is 2. The predicted octanol–water partition coefficient (Wildman–Crippen LogP) is 2.47. The van der Waals surface area contributed by atoms with E-state index in [0.29, 0.717) is 10.6 Å². The Labute approximate surface area is 102 Å². The van der Waals surface area contributed by atoms with Gasteiger partial charge >= 0.3 is 6.01 Å². The van der Waals surface area contributed by atoms with Crippen LogP contribution in [0.5, 0.6) is 11.8 Å². The van der Waals surface area contributed by atoms with E-state index >= 15 is 0 Å². The highest BCUT2D eigenvalue weighted by Crippen LogP contribution is 2.29. The molecule has 1 heterocycles. The molecule has 0 aliphatic rings. The molecule has 0 radical (unpaired) electrons. The first-order valence-electron chi connectivity index (χ1n) is 4.59. The molecule has 86 valence electrons. The van der Waals surface area contributed by atoms with Gasteiger partial charge in [0.2, 0.25) is 0 Å². The molecule has 1 aromatic heterocycles. The molecule has 0 saturated carbocycles. The molecule has 0 N–H and O–H groups in total. The SMILES string of the molecule is O=[N+]([O-])c1ccc(Oc2ncccn2)c(S)c1. The molecular weight excluding hydrogens is 242 g/mol. The van der Waals surface area contributed by atoms with Crippen molar-refractivity contribution in [1.29, 1.82) is 0 Å². The van der Waals surface area contributed by atoms with Crippen molar-refractivity contribution in [3.63, 3.8) is 0 Å². The lowest BCUT2D eigenvalue weighted by Gasteiger charge is -2.05. The first-order valence-corrected chi connectivity index (χ1v) is 5.04. The zero-order valence-electron chi connectivity index (χ0n) is 8.48. The van der Waals surface area contributed by atoms with Gasteiger partial charge < -0.3 is 4.74 Å². The van der Waals surface area contributed by atoms with Crippen LogP contribution in [0.2, 0.25) is 0 Å². The van der Waals surface area contributed by atoms with Gasteiger partial charge in [-0.2, -0.15) is 0 Å². The van der Waals surface area contributed by atoms with Gasteiger partial charge in [-0.1, -0.05) is 0 Å². The Kier molecular flexibility index (Phi) is 3.20. The second-order valence-corrected chi connectivity index (χ2v) is 3.52. The fourth-order valence-electron chi connectivity index (χ4n) is 1.14. The minimum absolute atomic E-state index is 0.0451. The molecule has 2 rings (SSSR count). The third kappa shape index (κ3) is 2.70. The summed E-state index contributed by atoms with van der Waals surface area (Å²) in [6.07, 6.45) is 3.07. The predicted molar refractivity (Wildman–Crippen MR) is 62.5 cm³/mol. The van der Waals surface area contributed by atoms with Gasteiger partial charge in [-0.15, -0.1) is 12.6 Å². The van der Waals surface area contributed by atoms with Crippen molar-refractivity contribution in [3.8, 4) is 11.8 Å². The third-order valence-electron chi connectivity index (χ3n) is 1.90. The van der Waals surface area contributed by atoms with Crippen LogP contribution in [0.15, 0.2) is 41.6 Å². The second-order valence-electron chi connectivity index (χ2n) is 3.04. The van der Waals surface area contributed by atoms with Crippen molar-refractivity contribution in [3.05, 3.63) is 46.8 Å². The van der Waals surface area contributed by atoms with Gasteiger partial charge in [-0.05, 0) is 12.1 Å². The summed E-state index contributed by atoms with van der Waals surface area (Å²) in [5.74, 6) is 0.366. The Morgan fingerprint density at radius 2 is 2.00 bits per heavy atom. The fourth-order valence-corrected chi connectivity index (χ4v) is 1.39. The number of nitro benzene ring substituents is 1. The molecule has 0 saturated heterocycles. The van der Waals surface area contributed by atoms with Crippen molar-refractivity contribution >= 4 is 18.3 Å². The highest BCUT2D eigenvalue weighted by atomic mass is 32.1. The lowest BCUT2D eigenvalue weighted by molar-refractivity contribution is -0.385. The summed E-state index contributed by atoms with van der Waals surface area (Å²) in [6.45, 7) is 0. The van der Waals surface area contributed by atoms with Gasteiger partial charge in [0.1, 0.15) is 5.75 Å². The number of benzene rings is 1. The van der Waals surface area contributed by atoms with E-state index in [1.165, 1.54) is 30.6 Å². The molecule has 0 atom stereocenters. The van der Waals surface area contributed by atoms with E-state index in [1.54, 1.807) is 6.07 Å². The van der Waals surface area contributed by atoms with Crippen LogP contribution in [-0.2, 0) is 0 Å². The minimum atomic E-state index is -0.498. The Bertz CT molecular complexity index is 548. The first kappa shape index (κ1) is 11.3. The Balaban J connectivity index is 2.26. The molecule has 1 aromatic carbocycles. The molecule has 0 bridgehead atoms. The smallest absolute Gasteiger partial charge is 0.321 e. The Morgan fingerprint density at radius 1 is 1.29 bits per heavy atom. The topological polar surface area (TPSA) is 78.2 Å². The molecule has 6 nitrogen and oxygen atoms in total. The number of hydrogen-bond donors (Lipinski definition) is 1. The van der Waals surface area contributed by atoms with Crippen molar-refractivity contribution < 1.29 is 9.66 Å². The number of non-ortho nitro benzene ring substituents is 1. The summed E-state index contributed by atoms with van der Waals surface area (Å²) < 4.78 is 5.32. The molecule has 7 heteroatoms. The maximum absolute atomic E-state index is 10.5. The average Bonchev–Trinajstić information content (AvgIpc) is 2.33. The second kappa shape index (κ2) is 4.79. The van der Waals surface area contributed by atoms with Crippen LogP contribution >= 0.6 is 12.6 Å². The van der Waals surface area contributed by atoms with E-state index in [4.69, 9.17) is 4.74 Å². The number of rotatable bonds is 3. The highest BCUT2D eigenvalue weighted by Gasteiger charge is 2.10. The number of nitrogens with zero attached hydrogens (tertiary/aromatic N) is 3. The number of nitro groups is 1. The summed E-state index contributed by atoms with van der Waals surface area (Å²) >= 11 is 4.11. The quantitative estimate of drug-likeness (QED) is 0.513. The molecule has 0 spiro atoms. The summed E-state index contributed by atoms with van der Waals surface area (Å²) in [5, 5.41) is 10.5. The molecule has 0 fully saturated rings. The van der Waals surface area contributed by atoms with Gasteiger partial charge in [-0.3, -0.25) is 10.1 Å². The maximum Gasteiger partial charge on any atom is 0.321 e. The standard InChI is InChI=1S/C10H7N3O3S/c14-13(15)7-2-3-8(9(17)6-7)16-10-11-4-1-5-12-10/h1-6,17H. The molecule has 17 heavy (non-hydrogen) atoms. The van der Waals surface area contributed by atoms with Gasteiger partial charge in [0.25, 0.3) is 5.69 Å². The van der Waals surface area contributed by atoms with E-state index in [-0.39, 0.29) is 11.7 Å². The number of hydrogen-bond acceptors (Lipinski definition) is 6. The van der Waals surface area contributed by atoms with Gasteiger partial charge in [0, 0.05) is 24.5 Å². The third-order valence-corrected chi connectivity index (χ3v) is 2.25. The van der Waals surface area contributed by atoms with Crippen LogP contribution < -0.4 is 4.74 Å². The Hall–Kier alpha value is -2.15. The number of ether oxygens (including phenoxy) is 1. The molecule has 2 aromatic rings. The van der Waals surface area contributed by atoms with E-state index in [9.17, 15) is 10.1 Å². The maximum atomic E-state index is 10.5. The zero-order valence-corrected chi connectivity index (χ0v) is 9.37. The van der Waals surface area contributed by atoms with Gasteiger partial charge in [0.15, 0.2) is 0 Å². The molecular formula is C10H7N3O3S. The first-order chi connectivity index (χ1) is 8.16. The van der Waals surface area contributed by atoms with Crippen LogP contribution in [0.4, 0.5) is 5.69 Å². The lowest BCUT2D eigenvalue weighted by Crippen LogP contribution is -1.93. The summed E-state index contributed by atoms with van der Waals surface area (Å²) in [4.78, 5) is 18.1. The van der Waals surface area contributed by atoms with Crippen LogP contribution in [-0.4, -0.2) is 14.9 Å². The van der Waals surface area contributed by atoms with Gasteiger partial charge in [0.05, 0.1) is 9.82 Å². The average molecular weight is 249 g/mol. The van der Waals surface area contributed by atoms with Crippen molar-refractivity contribution in [1.82, 2.24) is 9.97 Å². The minimum Gasteiger partial charge on any atom is -0.423 e. The zero-order chi connectivity index (χ0) is 12.3. The number of thiol groups is 1. The molecule has 0 aliphatic carbocycles. The largest absolute Gasteiger partial charge is 0.423 e.